The molecule has 1 aromatic heterocycles. The van der Waals surface area contributed by atoms with E-state index in [4.69, 9.17) is 0 Å². The molecule has 108 valence electrons. The lowest BCUT2D eigenvalue weighted by molar-refractivity contribution is -0.385. The van der Waals surface area contributed by atoms with Crippen LogP contribution in [0.15, 0.2) is 44.9 Å². The second-order valence-electron chi connectivity index (χ2n) is 4.12. The molecule has 1 N–H and O–H groups in total. The molecule has 0 unspecified atom stereocenters. The molecule has 0 radical (unpaired) electrons. The van der Waals surface area contributed by atoms with Crippen molar-refractivity contribution in [3.8, 4) is 0 Å². The van der Waals surface area contributed by atoms with Crippen LogP contribution >= 0.6 is 27.7 Å². The summed E-state index contributed by atoms with van der Waals surface area (Å²) in [5, 5.41) is 20.4. The summed E-state index contributed by atoms with van der Waals surface area (Å²) in [5.41, 5.74) is 0.679. The van der Waals surface area contributed by atoms with Crippen LogP contribution in [-0.2, 0) is 0 Å². The Balaban J connectivity index is 2.40. The smallest absolute Gasteiger partial charge is 0.336 e. The second kappa shape index (κ2) is 6.23. The molecule has 2 aromatic rings. The first kappa shape index (κ1) is 15.5. The molecule has 0 aliphatic carbocycles. The Hall–Kier alpha value is -1.93. The molecule has 0 bridgehead atoms. The molecule has 0 atom stereocenters. The van der Waals surface area contributed by atoms with Crippen LogP contribution in [0.2, 0.25) is 0 Å². The average Bonchev–Trinajstić information content (AvgIpc) is 2.40. The van der Waals surface area contributed by atoms with Crippen LogP contribution in [0.1, 0.15) is 15.9 Å². The first-order valence-corrected chi connectivity index (χ1v) is 7.31. The molecule has 0 fully saturated rings. The molecule has 0 amide bonds. The maximum atomic E-state index is 11.2. The van der Waals surface area contributed by atoms with E-state index in [1.165, 1.54) is 12.1 Å². The fraction of sp³-hybridized carbons (Fsp3) is 0.0769. The zero-order chi connectivity index (χ0) is 15.6. The van der Waals surface area contributed by atoms with Gasteiger partial charge in [-0.1, -0.05) is 27.7 Å². The lowest BCUT2D eigenvalue weighted by atomic mass is 10.2. The number of hydrogen-bond donors (Lipinski definition) is 1. The number of pyridine rings is 1. The molecule has 1 aromatic carbocycles. The van der Waals surface area contributed by atoms with Gasteiger partial charge in [0.2, 0.25) is 0 Å². The van der Waals surface area contributed by atoms with Crippen molar-refractivity contribution in [3.05, 3.63) is 56.2 Å². The summed E-state index contributed by atoms with van der Waals surface area (Å²) < 4.78 is 0.745. The van der Waals surface area contributed by atoms with Crippen molar-refractivity contribution in [2.75, 3.05) is 0 Å². The van der Waals surface area contributed by atoms with E-state index in [0.717, 1.165) is 22.4 Å². The third-order valence-electron chi connectivity index (χ3n) is 2.61. The topological polar surface area (TPSA) is 93.3 Å². The summed E-state index contributed by atoms with van der Waals surface area (Å²) in [7, 11) is 0. The van der Waals surface area contributed by atoms with E-state index in [1.807, 2.05) is 0 Å². The van der Waals surface area contributed by atoms with E-state index in [1.54, 1.807) is 19.1 Å². The Morgan fingerprint density at radius 2 is 2.14 bits per heavy atom. The lowest BCUT2D eigenvalue weighted by Gasteiger charge is -2.08. The Labute approximate surface area is 132 Å². The number of rotatable bonds is 4. The first-order chi connectivity index (χ1) is 9.88. The average molecular weight is 369 g/mol. The number of aryl methyl sites for hydroxylation is 1. The van der Waals surface area contributed by atoms with Crippen LogP contribution in [0.4, 0.5) is 5.69 Å². The van der Waals surface area contributed by atoms with E-state index < -0.39 is 10.9 Å². The zero-order valence-corrected chi connectivity index (χ0v) is 13.1. The molecule has 2 rings (SSSR count). The van der Waals surface area contributed by atoms with Crippen molar-refractivity contribution < 1.29 is 14.8 Å². The lowest BCUT2D eigenvalue weighted by Crippen LogP contribution is -1.99. The summed E-state index contributed by atoms with van der Waals surface area (Å²) in [5.74, 6) is -1.04. The van der Waals surface area contributed by atoms with Gasteiger partial charge in [-0.2, -0.15) is 0 Å². The largest absolute Gasteiger partial charge is 0.478 e. The molecule has 0 aliphatic heterocycles. The minimum atomic E-state index is -1.04. The van der Waals surface area contributed by atoms with Gasteiger partial charge in [0.1, 0.15) is 11.2 Å². The fourth-order valence-electron chi connectivity index (χ4n) is 1.62. The first-order valence-electron chi connectivity index (χ1n) is 5.70. The van der Waals surface area contributed by atoms with Gasteiger partial charge in [-0.3, -0.25) is 10.1 Å². The van der Waals surface area contributed by atoms with Gasteiger partial charge in [0.15, 0.2) is 0 Å². The predicted molar refractivity (Wildman–Crippen MR) is 80.9 cm³/mol. The molecule has 0 saturated heterocycles. The number of carboxylic acid groups (broad SMARTS) is 1. The van der Waals surface area contributed by atoms with E-state index in [2.05, 4.69) is 20.9 Å². The number of nitrogens with zero attached hydrogens (tertiary/aromatic N) is 2. The molecular formula is C13H9BrN2O4S. The number of carboxylic acids is 1. The van der Waals surface area contributed by atoms with Gasteiger partial charge in [0.05, 0.1) is 10.5 Å². The third-order valence-corrected chi connectivity index (χ3v) is 4.28. The van der Waals surface area contributed by atoms with Gasteiger partial charge < -0.3 is 5.11 Å². The van der Waals surface area contributed by atoms with Crippen molar-refractivity contribution in [2.24, 2.45) is 0 Å². The van der Waals surface area contributed by atoms with E-state index >= 15 is 0 Å². The maximum Gasteiger partial charge on any atom is 0.336 e. The van der Waals surface area contributed by atoms with Crippen molar-refractivity contribution in [2.45, 2.75) is 16.8 Å². The van der Waals surface area contributed by atoms with E-state index in [9.17, 15) is 20.0 Å². The summed E-state index contributed by atoms with van der Waals surface area (Å²) in [6.45, 7) is 1.70. The molecule has 0 saturated carbocycles. The molecular weight excluding hydrogens is 360 g/mol. The Kier molecular flexibility index (Phi) is 4.59. The van der Waals surface area contributed by atoms with Crippen molar-refractivity contribution in [1.82, 2.24) is 4.98 Å². The second-order valence-corrected chi connectivity index (χ2v) is 6.07. The maximum absolute atomic E-state index is 11.2. The number of halogens is 1. The molecule has 6 nitrogen and oxygen atoms in total. The van der Waals surface area contributed by atoms with E-state index in [0.29, 0.717) is 15.5 Å². The van der Waals surface area contributed by atoms with Gasteiger partial charge in [-0.25, -0.2) is 9.78 Å². The van der Waals surface area contributed by atoms with Crippen molar-refractivity contribution >= 4 is 39.3 Å². The van der Waals surface area contributed by atoms with Crippen LogP contribution < -0.4 is 0 Å². The van der Waals surface area contributed by atoms with Gasteiger partial charge in [0, 0.05) is 15.4 Å². The minimum Gasteiger partial charge on any atom is -0.478 e. The van der Waals surface area contributed by atoms with Crippen LogP contribution in [0.25, 0.3) is 0 Å². The van der Waals surface area contributed by atoms with Gasteiger partial charge in [0.25, 0.3) is 5.69 Å². The van der Waals surface area contributed by atoms with Gasteiger partial charge in [-0.05, 0) is 30.7 Å². The summed E-state index contributed by atoms with van der Waals surface area (Å²) in [6, 6.07) is 6.23. The third kappa shape index (κ3) is 3.59. The highest BCUT2D eigenvalue weighted by Gasteiger charge is 2.15. The fourth-order valence-corrected chi connectivity index (χ4v) is 3.11. The number of nitro groups is 1. The molecule has 21 heavy (non-hydrogen) atoms. The van der Waals surface area contributed by atoms with Crippen molar-refractivity contribution in [1.29, 1.82) is 0 Å². The molecule has 1 heterocycles. The summed E-state index contributed by atoms with van der Waals surface area (Å²) in [4.78, 5) is 25.9. The summed E-state index contributed by atoms with van der Waals surface area (Å²) >= 11 is 4.45. The molecule has 0 aliphatic rings. The quantitative estimate of drug-likeness (QED) is 0.649. The highest BCUT2D eigenvalue weighted by atomic mass is 79.9. The highest BCUT2D eigenvalue weighted by Crippen LogP contribution is 2.34. The zero-order valence-electron chi connectivity index (χ0n) is 10.7. The number of hydrogen-bond acceptors (Lipinski definition) is 5. The van der Waals surface area contributed by atoms with Crippen molar-refractivity contribution in [3.63, 3.8) is 0 Å². The number of aromatic nitrogens is 1. The predicted octanol–water partition coefficient (Wildman–Crippen LogP) is 3.91. The normalized spacial score (nSPS) is 10.4. The Morgan fingerprint density at radius 3 is 2.71 bits per heavy atom. The Bertz CT molecular complexity index is 736. The van der Waals surface area contributed by atoms with Crippen LogP contribution in [0.3, 0.4) is 0 Å². The minimum absolute atomic E-state index is 0.0930. The summed E-state index contributed by atoms with van der Waals surface area (Å²) in [6.07, 6.45) is 1.16. The monoisotopic (exact) mass is 368 g/mol. The van der Waals surface area contributed by atoms with Gasteiger partial charge >= 0.3 is 5.97 Å². The number of benzene rings is 1. The highest BCUT2D eigenvalue weighted by molar-refractivity contribution is 9.10. The van der Waals surface area contributed by atoms with Gasteiger partial charge in [-0.15, -0.1) is 0 Å². The SMILES string of the molecule is Cc1cc([N+](=O)[O-])cnc1Sc1cc(Br)ccc1C(=O)O. The Morgan fingerprint density at radius 1 is 1.43 bits per heavy atom. The number of aromatic carboxylic acids is 1. The van der Waals surface area contributed by atoms with Crippen LogP contribution in [0, 0.1) is 17.0 Å². The standard InChI is InChI=1S/C13H9BrN2O4S/c1-7-4-9(16(19)20)6-15-12(7)21-11-5-8(14)2-3-10(11)13(17)18/h2-6H,1H3,(H,17,18). The number of carbonyl (C=O) groups is 1. The molecule has 0 spiro atoms. The van der Waals surface area contributed by atoms with Crippen LogP contribution in [0.5, 0.6) is 0 Å². The van der Waals surface area contributed by atoms with E-state index in [-0.39, 0.29) is 11.3 Å². The van der Waals surface area contributed by atoms with Crippen LogP contribution in [-0.4, -0.2) is 21.0 Å². The molecule has 8 heteroatoms.